The summed E-state index contributed by atoms with van der Waals surface area (Å²) in [7, 11) is 0. The number of piperidine rings is 1. The Morgan fingerprint density at radius 3 is 3.04 bits per heavy atom. The van der Waals surface area contributed by atoms with Crippen LogP contribution < -0.4 is 0 Å². The molecule has 3 atom stereocenters. The van der Waals surface area contributed by atoms with E-state index in [-0.39, 0.29) is 17.9 Å². The maximum absolute atomic E-state index is 12.7. The average molecular weight is 336 g/mol. The van der Waals surface area contributed by atoms with E-state index >= 15 is 0 Å². The Balaban J connectivity index is 1.48. The van der Waals surface area contributed by atoms with Crippen molar-refractivity contribution in [1.82, 2.24) is 9.96 Å². The molecule has 4 rings (SSSR count). The van der Waals surface area contributed by atoms with E-state index in [9.17, 15) is 4.79 Å². The van der Waals surface area contributed by atoms with Crippen LogP contribution in [0.3, 0.4) is 0 Å². The number of carbonyl (C=O) groups excluding carboxylic acids is 1. The molecule has 3 fully saturated rings. The predicted molar refractivity (Wildman–Crippen MR) is 88.0 cm³/mol. The molecular weight excluding hydrogens is 312 g/mol. The zero-order chi connectivity index (χ0) is 15.8. The lowest BCUT2D eigenvalue weighted by Crippen LogP contribution is -2.52. The van der Waals surface area contributed by atoms with Gasteiger partial charge in [0.1, 0.15) is 0 Å². The van der Waals surface area contributed by atoms with Crippen LogP contribution in [-0.2, 0) is 20.9 Å². The number of hydrogen-bond donors (Lipinski definition) is 0. The molecule has 6 heteroatoms. The van der Waals surface area contributed by atoms with Crippen LogP contribution in [-0.4, -0.2) is 54.3 Å². The van der Waals surface area contributed by atoms with Crippen LogP contribution >= 0.6 is 11.3 Å². The number of hydroxylamine groups is 2. The van der Waals surface area contributed by atoms with Gasteiger partial charge in [-0.1, -0.05) is 0 Å². The van der Waals surface area contributed by atoms with Crippen molar-refractivity contribution in [2.24, 2.45) is 5.92 Å². The molecule has 0 saturated carbocycles. The maximum atomic E-state index is 12.7. The van der Waals surface area contributed by atoms with Crippen LogP contribution in [0.5, 0.6) is 0 Å². The van der Waals surface area contributed by atoms with Crippen LogP contribution in [0.2, 0.25) is 0 Å². The highest BCUT2D eigenvalue weighted by atomic mass is 32.1. The minimum absolute atomic E-state index is 0.00601. The molecular formula is C17H24N2O3S. The fraction of sp³-hybridized carbons (Fsp3) is 0.706. The first-order valence-electron chi connectivity index (χ1n) is 8.56. The molecule has 0 bridgehead atoms. The standard InChI is InChI=1S/C17H24N2O3S/c1-12-3-4-14(23-12)11-18-10-13(9-16-15(18)5-8-21-16)17(20)19-6-2-7-22-19/h3-4,13,15-16H,2,5-11H2,1H3/t13-,15+,16+/m0/s1. The molecule has 0 N–H and O–H groups in total. The summed E-state index contributed by atoms with van der Waals surface area (Å²) >= 11 is 1.85. The number of rotatable bonds is 3. The first kappa shape index (κ1) is 15.6. The molecule has 126 valence electrons. The predicted octanol–water partition coefficient (Wildman–Crippen LogP) is 2.20. The first-order chi connectivity index (χ1) is 11.2. The Bertz CT molecular complexity index is 570. The number of nitrogens with zero attached hydrogens (tertiary/aromatic N) is 2. The van der Waals surface area contributed by atoms with Gasteiger partial charge in [-0.15, -0.1) is 11.3 Å². The zero-order valence-electron chi connectivity index (χ0n) is 13.6. The second kappa shape index (κ2) is 6.51. The largest absolute Gasteiger partial charge is 0.377 e. The van der Waals surface area contributed by atoms with Gasteiger partial charge in [-0.3, -0.25) is 14.5 Å². The second-order valence-electron chi connectivity index (χ2n) is 6.77. The van der Waals surface area contributed by atoms with Gasteiger partial charge in [0.25, 0.3) is 5.91 Å². The van der Waals surface area contributed by atoms with Crippen molar-refractivity contribution in [3.05, 3.63) is 21.9 Å². The molecule has 1 aromatic heterocycles. The summed E-state index contributed by atoms with van der Waals surface area (Å²) in [5.41, 5.74) is 0. The molecule has 23 heavy (non-hydrogen) atoms. The van der Waals surface area contributed by atoms with Crippen molar-refractivity contribution in [3.8, 4) is 0 Å². The first-order valence-corrected chi connectivity index (χ1v) is 9.37. The molecule has 3 aliphatic rings. The van der Waals surface area contributed by atoms with Crippen LogP contribution in [0.25, 0.3) is 0 Å². The van der Waals surface area contributed by atoms with E-state index in [0.29, 0.717) is 12.6 Å². The second-order valence-corrected chi connectivity index (χ2v) is 8.14. The van der Waals surface area contributed by atoms with Crippen molar-refractivity contribution in [2.75, 3.05) is 26.3 Å². The van der Waals surface area contributed by atoms with Crippen molar-refractivity contribution >= 4 is 17.2 Å². The highest BCUT2D eigenvalue weighted by molar-refractivity contribution is 7.11. The molecule has 0 aliphatic carbocycles. The van der Waals surface area contributed by atoms with E-state index in [1.54, 1.807) is 5.06 Å². The molecule has 1 aromatic rings. The summed E-state index contributed by atoms with van der Waals surface area (Å²) in [5.74, 6) is 0.136. The molecule has 3 saturated heterocycles. The molecule has 5 nitrogen and oxygen atoms in total. The number of fused-ring (bicyclic) bond motifs is 1. The Morgan fingerprint density at radius 1 is 1.39 bits per heavy atom. The van der Waals surface area contributed by atoms with E-state index in [0.717, 1.165) is 45.5 Å². The van der Waals surface area contributed by atoms with Gasteiger partial charge in [-0.2, -0.15) is 0 Å². The molecule has 0 radical (unpaired) electrons. The van der Waals surface area contributed by atoms with Gasteiger partial charge in [0, 0.05) is 35.5 Å². The summed E-state index contributed by atoms with van der Waals surface area (Å²) in [6.07, 6.45) is 3.06. The fourth-order valence-electron chi connectivity index (χ4n) is 4.01. The molecule has 0 aromatic carbocycles. The van der Waals surface area contributed by atoms with Crippen LogP contribution in [0.4, 0.5) is 0 Å². The number of ether oxygens (including phenoxy) is 1. The van der Waals surface area contributed by atoms with Gasteiger partial charge < -0.3 is 4.74 Å². The third-order valence-electron chi connectivity index (χ3n) is 5.12. The third kappa shape index (κ3) is 3.18. The average Bonchev–Trinajstić information content (AvgIpc) is 3.27. The summed E-state index contributed by atoms with van der Waals surface area (Å²) in [4.78, 5) is 23.4. The highest BCUT2D eigenvalue weighted by Gasteiger charge is 2.43. The SMILES string of the molecule is Cc1ccc(CN2C[C@@H](C(=O)N3CCCO3)C[C@H]3OCC[C@H]32)s1. The lowest BCUT2D eigenvalue weighted by Gasteiger charge is -2.40. The molecule has 0 spiro atoms. The van der Waals surface area contributed by atoms with Crippen molar-refractivity contribution in [1.29, 1.82) is 0 Å². The fourth-order valence-corrected chi connectivity index (χ4v) is 4.93. The number of carbonyl (C=O) groups is 1. The van der Waals surface area contributed by atoms with Crippen LogP contribution in [0.15, 0.2) is 12.1 Å². The number of thiophene rings is 1. The Labute approximate surface area is 141 Å². The lowest BCUT2D eigenvalue weighted by atomic mass is 9.89. The molecule has 0 unspecified atom stereocenters. The summed E-state index contributed by atoms with van der Waals surface area (Å²) < 4.78 is 5.92. The van der Waals surface area contributed by atoms with E-state index in [1.807, 2.05) is 11.3 Å². The van der Waals surface area contributed by atoms with E-state index < -0.39 is 0 Å². The molecule has 1 amide bonds. The van der Waals surface area contributed by atoms with Crippen molar-refractivity contribution in [2.45, 2.75) is 44.9 Å². The minimum atomic E-state index is -0.00601. The van der Waals surface area contributed by atoms with Crippen LogP contribution in [0.1, 0.15) is 29.0 Å². The Hall–Kier alpha value is -0.950. The Kier molecular flexibility index (Phi) is 4.41. The van der Waals surface area contributed by atoms with Gasteiger partial charge in [0.05, 0.1) is 25.2 Å². The summed E-state index contributed by atoms with van der Waals surface area (Å²) in [6, 6.07) is 4.84. The quantitative estimate of drug-likeness (QED) is 0.849. The van der Waals surface area contributed by atoms with E-state index in [4.69, 9.17) is 9.57 Å². The van der Waals surface area contributed by atoms with Crippen LogP contribution in [0, 0.1) is 12.8 Å². The smallest absolute Gasteiger partial charge is 0.250 e. The lowest BCUT2D eigenvalue weighted by molar-refractivity contribution is -0.177. The zero-order valence-corrected chi connectivity index (χ0v) is 14.4. The van der Waals surface area contributed by atoms with Gasteiger partial charge in [-0.25, -0.2) is 5.06 Å². The van der Waals surface area contributed by atoms with Gasteiger partial charge in [-0.05, 0) is 38.3 Å². The highest BCUT2D eigenvalue weighted by Crippen LogP contribution is 2.34. The van der Waals surface area contributed by atoms with E-state index in [2.05, 4.69) is 24.0 Å². The number of hydrogen-bond acceptors (Lipinski definition) is 5. The van der Waals surface area contributed by atoms with Gasteiger partial charge in [0.2, 0.25) is 0 Å². The summed E-state index contributed by atoms with van der Waals surface area (Å²) in [5, 5.41) is 1.58. The molecule has 4 heterocycles. The van der Waals surface area contributed by atoms with Crippen molar-refractivity contribution in [3.63, 3.8) is 0 Å². The van der Waals surface area contributed by atoms with Gasteiger partial charge in [0.15, 0.2) is 0 Å². The third-order valence-corrected chi connectivity index (χ3v) is 6.10. The summed E-state index contributed by atoms with van der Waals surface area (Å²) in [6.45, 7) is 6.10. The topological polar surface area (TPSA) is 42.0 Å². The number of likely N-dealkylation sites (tertiary alicyclic amines) is 1. The monoisotopic (exact) mass is 336 g/mol. The van der Waals surface area contributed by atoms with E-state index in [1.165, 1.54) is 9.75 Å². The Morgan fingerprint density at radius 2 is 2.30 bits per heavy atom. The minimum Gasteiger partial charge on any atom is -0.377 e. The normalized spacial score (nSPS) is 31.5. The van der Waals surface area contributed by atoms with Crippen molar-refractivity contribution < 1.29 is 14.4 Å². The number of amides is 1. The molecule has 3 aliphatic heterocycles. The van der Waals surface area contributed by atoms with Gasteiger partial charge >= 0.3 is 0 Å². The maximum Gasteiger partial charge on any atom is 0.250 e. The number of aryl methyl sites for hydroxylation is 1.